The summed E-state index contributed by atoms with van der Waals surface area (Å²) in [4.78, 5) is 18.3. The van der Waals surface area contributed by atoms with Crippen LogP contribution >= 0.6 is 0 Å². The largest absolute Gasteiger partial charge is 0.361 e. The fourth-order valence-corrected chi connectivity index (χ4v) is 3.96. The summed E-state index contributed by atoms with van der Waals surface area (Å²) >= 11 is 0. The van der Waals surface area contributed by atoms with E-state index in [9.17, 15) is 4.79 Å². The third kappa shape index (κ3) is 3.11. The van der Waals surface area contributed by atoms with Crippen molar-refractivity contribution in [2.75, 3.05) is 13.1 Å². The first-order valence-corrected chi connectivity index (χ1v) is 9.37. The second-order valence-electron chi connectivity index (χ2n) is 7.46. The lowest BCUT2D eigenvalue weighted by Crippen LogP contribution is -2.40. The Morgan fingerprint density at radius 3 is 3.08 bits per heavy atom. The SMILES string of the molecule is CC(C)n1cnnc1CC1CCCN(C(=O)c2cccc3[nH]ccc23)C1. The summed E-state index contributed by atoms with van der Waals surface area (Å²) in [5.74, 6) is 1.58. The molecule has 1 aliphatic rings. The van der Waals surface area contributed by atoms with E-state index in [0.717, 1.165) is 54.6 Å². The molecule has 0 aliphatic carbocycles. The Balaban J connectivity index is 1.50. The quantitative estimate of drug-likeness (QED) is 0.783. The van der Waals surface area contributed by atoms with Gasteiger partial charge in [0.1, 0.15) is 12.2 Å². The maximum atomic E-state index is 13.1. The number of benzene rings is 1. The lowest BCUT2D eigenvalue weighted by molar-refractivity contribution is 0.0673. The Labute approximate surface area is 153 Å². The first-order chi connectivity index (χ1) is 12.6. The standard InChI is InChI=1S/C20H25N5O/c1-14(2)25-13-22-23-19(25)11-15-5-4-10-24(12-15)20(26)17-6-3-7-18-16(17)8-9-21-18/h3,6-9,13-15,21H,4-5,10-12H2,1-2H3. The molecule has 1 fully saturated rings. The molecule has 1 amide bonds. The molecule has 0 spiro atoms. The van der Waals surface area contributed by atoms with Gasteiger partial charge < -0.3 is 14.5 Å². The van der Waals surface area contributed by atoms with Gasteiger partial charge in [0.15, 0.2) is 0 Å². The van der Waals surface area contributed by atoms with Gasteiger partial charge in [-0.15, -0.1) is 10.2 Å². The van der Waals surface area contributed by atoms with Gasteiger partial charge in [-0.25, -0.2) is 0 Å². The predicted octanol–water partition coefficient (Wildman–Crippen LogP) is 3.44. The van der Waals surface area contributed by atoms with Crippen molar-refractivity contribution in [3.8, 4) is 0 Å². The van der Waals surface area contributed by atoms with Gasteiger partial charge in [0, 0.05) is 48.2 Å². The number of fused-ring (bicyclic) bond motifs is 1. The topological polar surface area (TPSA) is 66.8 Å². The fraction of sp³-hybridized carbons (Fsp3) is 0.450. The van der Waals surface area contributed by atoms with E-state index in [0.29, 0.717) is 12.0 Å². The highest BCUT2D eigenvalue weighted by Crippen LogP contribution is 2.25. The molecule has 1 aliphatic heterocycles. The second-order valence-corrected chi connectivity index (χ2v) is 7.46. The van der Waals surface area contributed by atoms with E-state index < -0.39 is 0 Å². The zero-order valence-electron chi connectivity index (χ0n) is 15.4. The molecule has 1 unspecified atom stereocenters. The van der Waals surface area contributed by atoms with E-state index in [2.05, 4.69) is 33.6 Å². The number of nitrogens with zero attached hydrogens (tertiary/aromatic N) is 4. The molecule has 1 saturated heterocycles. The molecule has 6 nitrogen and oxygen atoms in total. The molecule has 1 atom stereocenters. The van der Waals surface area contributed by atoms with Gasteiger partial charge in [-0.2, -0.15) is 0 Å². The Morgan fingerprint density at radius 2 is 2.23 bits per heavy atom. The number of hydrogen-bond donors (Lipinski definition) is 1. The first kappa shape index (κ1) is 16.8. The molecule has 3 aromatic rings. The summed E-state index contributed by atoms with van der Waals surface area (Å²) in [6, 6.07) is 8.21. The molecule has 1 N–H and O–H groups in total. The van der Waals surface area contributed by atoms with E-state index in [1.165, 1.54) is 0 Å². The van der Waals surface area contributed by atoms with Crippen LogP contribution < -0.4 is 0 Å². The average Bonchev–Trinajstić information content (AvgIpc) is 3.30. The summed E-state index contributed by atoms with van der Waals surface area (Å²) < 4.78 is 2.13. The minimum atomic E-state index is 0.130. The van der Waals surface area contributed by atoms with Gasteiger partial charge in [-0.3, -0.25) is 4.79 Å². The highest BCUT2D eigenvalue weighted by molar-refractivity contribution is 6.06. The lowest BCUT2D eigenvalue weighted by Gasteiger charge is -2.33. The van der Waals surface area contributed by atoms with Crippen molar-refractivity contribution in [1.29, 1.82) is 0 Å². The van der Waals surface area contributed by atoms with Crippen LogP contribution in [0.4, 0.5) is 0 Å². The molecule has 0 bridgehead atoms. The summed E-state index contributed by atoms with van der Waals surface area (Å²) in [6.45, 7) is 5.89. The van der Waals surface area contributed by atoms with Crippen molar-refractivity contribution < 1.29 is 4.79 Å². The highest BCUT2D eigenvalue weighted by atomic mass is 16.2. The van der Waals surface area contributed by atoms with Crippen LogP contribution in [-0.2, 0) is 6.42 Å². The minimum Gasteiger partial charge on any atom is -0.361 e. The average molecular weight is 351 g/mol. The van der Waals surface area contributed by atoms with E-state index in [-0.39, 0.29) is 5.91 Å². The summed E-state index contributed by atoms with van der Waals surface area (Å²) in [5.41, 5.74) is 1.80. The molecule has 0 radical (unpaired) electrons. The maximum absolute atomic E-state index is 13.1. The van der Waals surface area contributed by atoms with E-state index in [4.69, 9.17) is 0 Å². The Hall–Kier alpha value is -2.63. The molecule has 26 heavy (non-hydrogen) atoms. The first-order valence-electron chi connectivity index (χ1n) is 9.37. The monoisotopic (exact) mass is 351 g/mol. The number of carbonyl (C=O) groups excluding carboxylic acids is 1. The zero-order chi connectivity index (χ0) is 18.1. The van der Waals surface area contributed by atoms with Gasteiger partial charge in [0.2, 0.25) is 0 Å². The normalized spacial score (nSPS) is 18.0. The van der Waals surface area contributed by atoms with Crippen LogP contribution in [0.2, 0.25) is 0 Å². The molecular formula is C20H25N5O. The molecule has 3 heterocycles. The molecule has 1 aromatic carbocycles. The van der Waals surface area contributed by atoms with Crippen molar-refractivity contribution in [3.63, 3.8) is 0 Å². The van der Waals surface area contributed by atoms with Gasteiger partial charge in [-0.05, 0) is 50.8 Å². The van der Waals surface area contributed by atoms with Crippen molar-refractivity contribution in [3.05, 3.63) is 48.2 Å². The number of nitrogens with one attached hydrogen (secondary N) is 1. The lowest BCUT2D eigenvalue weighted by atomic mass is 9.93. The van der Waals surface area contributed by atoms with Crippen LogP contribution in [0.15, 0.2) is 36.8 Å². The number of hydrogen-bond acceptors (Lipinski definition) is 3. The van der Waals surface area contributed by atoms with Crippen molar-refractivity contribution in [2.24, 2.45) is 5.92 Å². The summed E-state index contributed by atoms with van der Waals surface area (Å²) in [6.07, 6.45) is 6.73. The molecule has 136 valence electrons. The Bertz CT molecular complexity index is 910. The summed E-state index contributed by atoms with van der Waals surface area (Å²) in [5, 5.41) is 9.37. The molecule has 6 heteroatoms. The minimum absolute atomic E-state index is 0.130. The van der Waals surface area contributed by atoms with E-state index in [1.54, 1.807) is 6.33 Å². The highest BCUT2D eigenvalue weighted by Gasteiger charge is 2.27. The Morgan fingerprint density at radius 1 is 1.35 bits per heavy atom. The van der Waals surface area contributed by atoms with E-state index >= 15 is 0 Å². The Kier molecular flexibility index (Phi) is 4.49. The van der Waals surface area contributed by atoms with Crippen molar-refractivity contribution in [2.45, 2.75) is 39.2 Å². The number of amides is 1. The van der Waals surface area contributed by atoms with Crippen molar-refractivity contribution >= 4 is 16.8 Å². The number of H-pyrrole nitrogens is 1. The predicted molar refractivity (Wildman–Crippen MR) is 101 cm³/mol. The summed E-state index contributed by atoms with van der Waals surface area (Å²) in [7, 11) is 0. The van der Waals surface area contributed by atoms with Gasteiger partial charge >= 0.3 is 0 Å². The third-order valence-electron chi connectivity index (χ3n) is 5.31. The second kappa shape index (κ2) is 6.94. The molecule has 0 saturated carbocycles. The van der Waals surface area contributed by atoms with Gasteiger partial charge in [-0.1, -0.05) is 6.07 Å². The van der Waals surface area contributed by atoms with Crippen LogP contribution in [0.25, 0.3) is 10.9 Å². The molecule has 4 rings (SSSR count). The molecule has 2 aromatic heterocycles. The maximum Gasteiger partial charge on any atom is 0.254 e. The number of piperidine rings is 1. The number of aromatic amines is 1. The fourth-order valence-electron chi connectivity index (χ4n) is 3.96. The molecular weight excluding hydrogens is 326 g/mol. The van der Waals surface area contributed by atoms with Crippen molar-refractivity contribution in [1.82, 2.24) is 24.6 Å². The smallest absolute Gasteiger partial charge is 0.254 e. The van der Waals surface area contributed by atoms with Gasteiger partial charge in [0.25, 0.3) is 5.91 Å². The zero-order valence-corrected chi connectivity index (χ0v) is 15.4. The van der Waals surface area contributed by atoms with Gasteiger partial charge in [0.05, 0.1) is 0 Å². The van der Waals surface area contributed by atoms with Crippen LogP contribution in [0.5, 0.6) is 0 Å². The van der Waals surface area contributed by atoms with Crippen LogP contribution in [-0.4, -0.2) is 43.6 Å². The number of carbonyl (C=O) groups is 1. The van der Waals surface area contributed by atoms with E-state index in [1.807, 2.05) is 35.4 Å². The third-order valence-corrected chi connectivity index (χ3v) is 5.31. The van der Waals surface area contributed by atoms with Crippen LogP contribution in [0.1, 0.15) is 48.9 Å². The number of likely N-dealkylation sites (tertiary alicyclic amines) is 1. The number of rotatable bonds is 4. The van der Waals surface area contributed by atoms with Crippen LogP contribution in [0, 0.1) is 5.92 Å². The van der Waals surface area contributed by atoms with Crippen LogP contribution in [0.3, 0.4) is 0 Å². The number of aromatic nitrogens is 4.